The van der Waals surface area contributed by atoms with Crippen molar-refractivity contribution in [3.8, 4) is 0 Å². The number of unbranched alkanes of at least 4 members (excludes halogenated alkanes) is 3. The predicted molar refractivity (Wildman–Crippen MR) is 84.5 cm³/mol. The van der Waals surface area contributed by atoms with Crippen molar-refractivity contribution in [2.45, 2.75) is 30.6 Å². The summed E-state index contributed by atoms with van der Waals surface area (Å²) in [5, 5.41) is 0. The lowest BCUT2D eigenvalue weighted by atomic mass is 10.2. The summed E-state index contributed by atoms with van der Waals surface area (Å²) in [7, 11) is -3.42. The van der Waals surface area contributed by atoms with Gasteiger partial charge in [-0.2, -0.15) is 0 Å². The van der Waals surface area contributed by atoms with Crippen LogP contribution in [-0.2, 0) is 10.0 Å². The van der Waals surface area contributed by atoms with E-state index in [9.17, 15) is 8.42 Å². The van der Waals surface area contributed by atoms with Crippen molar-refractivity contribution in [2.75, 3.05) is 11.0 Å². The van der Waals surface area contributed by atoms with Crippen LogP contribution in [0.1, 0.15) is 25.7 Å². The van der Waals surface area contributed by atoms with Gasteiger partial charge in [-0.3, -0.25) is 4.98 Å². The molecule has 0 aliphatic carbocycles. The van der Waals surface area contributed by atoms with Crippen LogP contribution in [-0.4, -0.2) is 24.4 Å². The van der Waals surface area contributed by atoms with Crippen LogP contribution in [0.25, 0.3) is 0 Å². The summed E-state index contributed by atoms with van der Waals surface area (Å²) in [6, 6.07) is 1.55. The maximum Gasteiger partial charge on any atom is 0.242 e. The number of pyridine rings is 1. The lowest BCUT2D eigenvalue weighted by molar-refractivity contribution is 0.573. The molecule has 0 saturated carbocycles. The second-order valence-electron chi connectivity index (χ2n) is 3.84. The number of halogens is 2. The molecule has 0 amide bonds. The lowest BCUT2D eigenvalue weighted by Gasteiger charge is -2.06. The number of hydrogen-bond donors (Lipinski definition) is 1. The zero-order valence-corrected chi connectivity index (χ0v) is 14.5. The summed E-state index contributed by atoms with van der Waals surface area (Å²) < 4.78 is 28.2. The van der Waals surface area contributed by atoms with Crippen molar-refractivity contribution in [3.63, 3.8) is 0 Å². The molecule has 102 valence electrons. The second kappa shape index (κ2) is 8.44. The number of aromatic nitrogens is 1. The van der Waals surface area contributed by atoms with Gasteiger partial charge in [0.1, 0.15) is 4.90 Å². The summed E-state index contributed by atoms with van der Waals surface area (Å²) in [4.78, 5) is 4.05. The molecule has 0 aromatic carbocycles. The molecule has 1 aromatic rings. The van der Waals surface area contributed by atoms with E-state index in [2.05, 4.69) is 48.2 Å². The molecule has 1 N–H and O–H groups in total. The Labute approximate surface area is 130 Å². The fourth-order valence-electron chi connectivity index (χ4n) is 1.40. The van der Waals surface area contributed by atoms with Crippen molar-refractivity contribution in [3.05, 3.63) is 22.9 Å². The summed E-state index contributed by atoms with van der Waals surface area (Å²) >= 11 is 5.56. The Balaban J connectivity index is 2.41. The number of hydrogen-bond acceptors (Lipinski definition) is 3. The topological polar surface area (TPSA) is 59.1 Å². The quantitative estimate of drug-likeness (QED) is 0.379. The van der Waals surface area contributed by atoms with Crippen LogP contribution < -0.4 is 4.72 Å². The van der Waals surface area contributed by atoms with Gasteiger partial charge in [-0.25, -0.2) is 13.1 Å². The van der Waals surface area contributed by atoms with Crippen molar-refractivity contribution in [1.82, 2.24) is 9.71 Å². The molecule has 7 heteroatoms. The molecular weight excluding hydrogens is 431 g/mol. The number of alkyl halides is 1. The first-order valence-electron chi connectivity index (χ1n) is 5.72. The third kappa shape index (κ3) is 5.94. The van der Waals surface area contributed by atoms with Gasteiger partial charge in [-0.1, -0.05) is 35.4 Å². The van der Waals surface area contributed by atoms with E-state index in [-0.39, 0.29) is 4.90 Å². The van der Waals surface area contributed by atoms with Crippen LogP contribution in [0.15, 0.2) is 27.8 Å². The molecule has 1 heterocycles. The highest BCUT2D eigenvalue weighted by Crippen LogP contribution is 2.14. The van der Waals surface area contributed by atoms with Gasteiger partial charge in [0.15, 0.2) is 0 Å². The molecule has 0 fully saturated rings. The second-order valence-corrected chi connectivity index (χ2v) is 7.60. The zero-order valence-electron chi connectivity index (χ0n) is 9.90. The summed E-state index contributed by atoms with van der Waals surface area (Å²) in [5.74, 6) is 0. The van der Waals surface area contributed by atoms with E-state index in [0.29, 0.717) is 11.0 Å². The maximum absolute atomic E-state index is 11.9. The highest BCUT2D eigenvalue weighted by atomic mass is 127. The van der Waals surface area contributed by atoms with Crippen LogP contribution in [0.5, 0.6) is 0 Å². The minimum absolute atomic E-state index is 0.198. The van der Waals surface area contributed by atoms with Gasteiger partial charge in [-0.15, -0.1) is 0 Å². The molecule has 4 nitrogen and oxygen atoms in total. The molecule has 18 heavy (non-hydrogen) atoms. The molecule has 0 atom stereocenters. The molecular formula is C11H16BrIN2O2S. The van der Waals surface area contributed by atoms with Gasteiger partial charge < -0.3 is 0 Å². The fraction of sp³-hybridized carbons (Fsp3) is 0.545. The fourth-order valence-corrected chi connectivity index (χ4v) is 3.52. The first-order valence-corrected chi connectivity index (χ1v) is 9.52. The Kier molecular flexibility index (Phi) is 7.66. The van der Waals surface area contributed by atoms with Gasteiger partial charge in [0.2, 0.25) is 10.0 Å². The van der Waals surface area contributed by atoms with Crippen molar-refractivity contribution in [2.24, 2.45) is 0 Å². The van der Waals surface area contributed by atoms with Crippen LogP contribution in [0.4, 0.5) is 0 Å². The molecule has 0 unspecified atom stereocenters. The molecule has 0 saturated heterocycles. The minimum atomic E-state index is -3.42. The molecule has 0 bridgehead atoms. The number of nitrogens with zero attached hydrogens (tertiary/aromatic N) is 1. The van der Waals surface area contributed by atoms with E-state index in [1.807, 2.05) is 0 Å². The minimum Gasteiger partial charge on any atom is -0.262 e. The highest BCUT2D eigenvalue weighted by Gasteiger charge is 2.13. The van der Waals surface area contributed by atoms with Gasteiger partial charge in [0.05, 0.1) is 0 Å². The van der Waals surface area contributed by atoms with E-state index in [1.54, 1.807) is 12.3 Å². The average molecular weight is 447 g/mol. The Hall–Kier alpha value is 0.270. The smallest absolute Gasteiger partial charge is 0.242 e. The van der Waals surface area contributed by atoms with Gasteiger partial charge >= 0.3 is 0 Å². The van der Waals surface area contributed by atoms with Crippen molar-refractivity contribution in [1.29, 1.82) is 0 Å². The summed E-state index contributed by atoms with van der Waals surface area (Å²) in [6.07, 6.45) is 7.19. The molecule has 0 radical (unpaired) electrons. The number of rotatable bonds is 8. The molecule has 0 aliphatic rings. The Bertz CT molecular complexity index is 468. The third-order valence-corrected chi connectivity index (χ3v) is 4.97. The highest BCUT2D eigenvalue weighted by molar-refractivity contribution is 14.1. The van der Waals surface area contributed by atoms with E-state index in [4.69, 9.17) is 0 Å². The Morgan fingerprint density at radius 2 is 1.94 bits per heavy atom. The largest absolute Gasteiger partial charge is 0.262 e. The van der Waals surface area contributed by atoms with Crippen molar-refractivity contribution < 1.29 is 8.42 Å². The normalized spacial score (nSPS) is 11.7. The molecule has 0 spiro atoms. The Morgan fingerprint density at radius 1 is 1.22 bits per heavy atom. The van der Waals surface area contributed by atoms with Gasteiger partial charge in [0.25, 0.3) is 0 Å². The number of sulfonamides is 1. The van der Waals surface area contributed by atoms with E-state index in [1.165, 1.54) is 12.6 Å². The maximum atomic E-state index is 11.9. The summed E-state index contributed by atoms with van der Waals surface area (Å²) in [5.41, 5.74) is 0. The van der Waals surface area contributed by atoms with Gasteiger partial charge in [-0.05, 0) is 39.3 Å². The van der Waals surface area contributed by atoms with E-state index < -0.39 is 10.0 Å². The van der Waals surface area contributed by atoms with Crippen LogP contribution in [0.2, 0.25) is 0 Å². The molecule has 1 aromatic heterocycles. The number of nitrogens with one attached hydrogen (secondary N) is 1. The van der Waals surface area contributed by atoms with Crippen molar-refractivity contribution >= 4 is 48.5 Å². The zero-order chi connectivity index (χ0) is 13.4. The van der Waals surface area contributed by atoms with Crippen LogP contribution in [0.3, 0.4) is 0 Å². The van der Waals surface area contributed by atoms with Gasteiger partial charge in [0, 0.05) is 23.4 Å². The molecule has 0 aliphatic heterocycles. The van der Waals surface area contributed by atoms with E-state index >= 15 is 0 Å². The average Bonchev–Trinajstić information content (AvgIpc) is 2.33. The van der Waals surface area contributed by atoms with Crippen LogP contribution in [0, 0.1) is 0 Å². The van der Waals surface area contributed by atoms with E-state index in [0.717, 1.165) is 23.7 Å². The standard InChI is InChI=1S/C11H16BrIN2O2S/c12-10-7-11(9-14-8-10)18(16,17)15-6-4-2-1-3-5-13/h7-9,15H,1-6H2. The Morgan fingerprint density at radius 3 is 2.61 bits per heavy atom. The predicted octanol–water partition coefficient (Wildman–Crippen LogP) is 3.12. The molecule has 1 rings (SSSR count). The monoisotopic (exact) mass is 446 g/mol. The summed E-state index contributed by atoms with van der Waals surface area (Å²) in [6.45, 7) is 0.482. The van der Waals surface area contributed by atoms with Crippen LogP contribution >= 0.6 is 38.5 Å². The lowest BCUT2D eigenvalue weighted by Crippen LogP contribution is -2.24. The first-order chi connectivity index (χ1) is 8.56. The third-order valence-electron chi connectivity index (χ3n) is 2.34. The first kappa shape index (κ1) is 16.3. The SMILES string of the molecule is O=S(=O)(NCCCCCCI)c1cncc(Br)c1.